The number of alkyl halides is 1. The average Bonchev–Trinajstić information content (AvgIpc) is 2.47. The van der Waals surface area contributed by atoms with Gasteiger partial charge in [-0.25, -0.2) is 0 Å². The van der Waals surface area contributed by atoms with Gasteiger partial charge < -0.3 is 0 Å². The van der Waals surface area contributed by atoms with Gasteiger partial charge in [-0.1, -0.05) is 91.3 Å². The summed E-state index contributed by atoms with van der Waals surface area (Å²) in [5.74, 6) is 0. The first-order valence-corrected chi connectivity index (χ1v) is 7.75. The van der Waals surface area contributed by atoms with Gasteiger partial charge in [-0.3, -0.25) is 0 Å². The van der Waals surface area contributed by atoms with Gasteiger partial charge in [0, 0.05) is 10.2 Å². The van der Waals surface area contributed by atoms with Crippen molar-refractivity contribution in [1.29, 1.82) is 0 Å². The molecule has 0 bridgehead atoms. The molecular formula is C18H21Br. The van der Waals surface area contributed by atoms with E-state index in [-0.39, 0.29) is 5.41 Å². The predicted octanol–water partition coefficient (Wildman–Crippen LogP) is 5.66. The predicted molar refractivity (Wildman–Crippen MR) is 87.0 cm³/mol. The molecule has 0 spiro atoms. The third kappa shape index (κ3) is 3.09. The molecule has 0 fully saturated rings. The minimum atomic E-state index is 0.0645. The number of halogens is 1. The minimum Gasteiger partial charge on any atom is -0.0829 e. The zero-order chi connectivity index (χ0) is 13.9. The average molecular weight is 317 g/mol. The zero-order valence-corrected chi connectivity index (χ0v) is 13.4. The lowest BCUT2D eigenvalue weighted by Gasteiger charge is -2.31. The summed E-state index contributed by atoms with van der Waals surface area (Å²) in [7, 11) is 0. The highest BCUT2D eigenvalue weighted by atomic mass is 79.9. The van der Waals surface area contributed by atoms with Crippen LogP contribution >= 0.6 is 15.9 Å². The van der Waals surface area contributed by atoms with Crippen molar-refractivity contribution >= 4 is 15.9 Å². The summed E-state index contributed by atoms with van der Waals surface area (Å²) >= 11 is 3.89. The summed E-state index contributed by atoms with van der Waals surface area (Å²) in [6.45, 7) is 6.76. The smallest absolute Gasteiger partial charge is 0.0486 e. The third-order valence-corrected chi connectivity index (χ3v) is 5.51. The fraction of sp³-hybridized carbons (Fsp3) is 0.333. The van der Waals surface area contributed by atoms with Crippen LogP contribution in [0, 0.1) is 0 Å². The lowest BCUT2D eigenvalue weighted by molar-refractivity contribution is 0.517. The number of rotatable bonds is 4. The van der Waals surface area contributed by atoms with Crippen LogP contribution in [0.15, 0.2) is 54.6 Å². The Morgan fingerprint density at radius 3 is 2.05 bits per heavy atom. The Kier molecular flexibility index (Phi) is 4.46. The van der Waals surface area contributed by atoms with Gasteiger partial charge in [-0.15, -0.1) is 0 Å². The number of hydrogen-bond acceptors (Lipinski definition) is 0. The van der Waals surface area contributed by atoms with Gasteiger partial charge in [0.1, 0.15) is 0 Å². The van der Waals surface area contributed by atoms with Gasteiger partial charge in [0.25, 0.3) is 0 Å². The highest BCUT2D eigenvalue weighted by Crippen LogP contribution is 2.42. The van der Waals surface area contributed by atoms with Crippen LogP contribution in [0.5, 0.6) is 0 Å². The van der Waals surface area contributed by atoms with Crippen molar-refractivity contribution in [2.75, 3.05) is 0 Å². The van der Waals surface area contributed by atoms with Crippen molar-refractivity contribution in [3.63, 3.8) is 0 Å². The van der Waals surface area contributed by atoms with Gasteiger partial charge in [-0.2, -0.15) is 0 Å². The molecule has 0 saturated carbocycles. The Morgan fingerprint density at radius 2 is 1.53 bits per heavy atom. The standard InChI is InChI=1S/C18H21Br/c1-4-14-10-12-15(13-11-14)17(19)18(2,3)16-8-6-5-7-9-16/h5-13,17H,4H2,1-3H3. The molecule has 0 radical (unpaired) electrons. The highest BCUT2D eigenvalue weighted by Gasteiger charge is 2.30. The molecule has 0 aliphatic carbocycles. The van der Waals surface area contributed by atoms with E-state index >= 15 is 0 Å². The molecule has 0 heterocycles. The Hall–Kier alpha value is -1.08. The van der Waals surface area contributed by atoms with E-state index in [4.69, 9.17) is 0 Å². The summed E-state index contributed by atoms with van der Waals surface area (Å²) in [6.07, 6.45) is 1.09. The number of hydrogen-bond donors (Lipinski definition) is 0. The largest absolute Gasteiger partial charge is 0.0829 e. The molecule has 0 amide bonds. The molecule has 2 aromatic rings. The molecule has 0 aliphatic rings. The van der Waals surface area contributed by atoms with Crippen LogP contribution < -0.4 is 0 Å². The lowest BCUT2D eigenvalue weighted by atomic mass is 9.79. The van der Waals surface area contributed by atoms with Gasteiger partial charge in [0.15, 0.2) is 0 Å². The maximum Gasteiger partial charge on any atom is 0.0486 e. The zero-order valence-electron chi connectivity index (χ0n) is 11.9. The summed E-state index contributed by atoms with van der Waals surface area (Å²) in [6, 6.07) is 19.6. The van der Waals surface area contributed by atoms with E-state index in [0.29, 0.717) is 4.83 Å². The molecule has 2 aromatic carbocycles. The van der Waals surface area contributed by atoms with Crippen LogP contribution in [0.4, 0.5) is 0 Å². The SMILES string of the molecule is CCc1ccc(C(Br)C(C)(C)c2ccccc2)cc1. The molecular weight excluding hydrogens is 296 g/mol. The fourth-order valence-electron chi connectivity index (χ4n) is 2.35. The third-order valence-electron chi connectivity index (χ3n) is 3.83. The molecule has 0 nitrogen and oxygen atoms in total. The molecule has 1 atom stereocenters. The molecule has 2 rings (SSSR count). The van der Waals surface area contributed by atoms with Crippen LogP contribution in [0.3, 0.4) is 0 Å². The van der Waals surface area contributed by atoms with Crippen molar-refractivity contribution in [2.45, 2.75) is 37.4 Å². The van der Waals surface area contributed by atoms with Crippen LogP contribution in [-0.2, 0) is 11.8 Å². The molecule has 0 N–H and O–H groups in total. The second-order valence-corrected chi connectivity index (χ2v) is 6.46. The Balaban J connectivity index is 2.29. The van der Waals surface area contributed by atoms with E-state index < -0.39 is 0 Å². The van der Waals surface area contributed by atoms with Crippen LogP contribution in [-0.4, -0.2) is 0 Å². The van der Waals surface area contributed by atoms with E-state index in [1.807, 2.05) is 0 Å². The van der Waals surface area contributed by atoms with Gasteiger partial charge in [0.2, 0.25) is 0 Å². The van der Waals surface area contributed by atoms with E-state index in [2.05, 4.69) is 91.3 Å². The van der Waals surface area contributed by atoms with Gasteiger partial charge in [0.05, 0.1) is 0 Å². The number of benzene rings is 2. The summed E-state index contributed by atoms with van der Waals surface area (Å²) < 4.78 is 0. The topological polar surface area (TPSA) is 0 Å². The minimum absolute atomic E-state index is 0.0645. The van der Waals surface area contributed by atoms with Crippen molar-refractivity contribution < 1.29 is 0 Å². The summed E-state index contributed by atoms with van der Waals surface area (Å²) in [4.78, 5) is 0.313. The first kappa shape index (κ1) is 14.3. The maximum atomic E-state index is 3.89. The van der Waals surface area contributed by atoms with Crippen molar-refractivity contribution in [3.8, 4) is 0 Å². The van der Waals surface area contributed by atoms with Crippen molar-refractivity contribution in [1.82, 2.24) is 0 Å². The first-order chi connectivity index (χ1) is 9.05. The van der Waals surface area contributed by atoms with E-state index in [1.165, 1.54) is 16.7 Å². The van der Waals surface area contributed by atoms with Crippen molar-refractivity contribution in [3.05, 3.63) is 71.3 Å². The molecule has 0 saturated heterocycles. The monoisotopic (exact) mass is 316 g/mol. The molecule has 19 heavy (non-hydrogen) atoms. The normalized spacial score (nSPS) is 13.3. The molecule has 1 heteroatoms. The Labute approximate surface area is 125 Å². The summed E-state index contributed by atoms with van der Waals surface area (Å²) in [5, 5.41) is 0. The first-order valence-electron chi connectivity index (χ1n) is 6.84. The molecule has 0 aliphatic heterocycles. The van der Waals surface area contributed by atoms with Crippen LogP contribution in [0.2, 0.25) is 0 Å². The molecule has 1 unspecified atom stereocenters. The van der Waals surface area contributed by atoms with E-state index in [9.17, 15) is 0 Å². The second-order valence-electron chi connectivity index (χ2n) is 5.55. The Bertz CT molecular complexity index is 511. The number of aryl methyl sites for hydroxylation is 1. The van der Waals surface area contributed by atoms with E-state index in [1.54, 1.807) is 0 Å². The Morgan fingerprint density at radius 1 is 0.947 bits per heavy atom. The molecule has 100 valence electrons. The van der Waals surface area contributed by atoms with Gasteiger partial charge in [-0.05, 0) is 23.1 Å². The molecule has 0 aromatic heterocycles. The van der Waals surface area contributed by atoms with Crippen molar-refractivity contribution in [2.24, 2.45) is 0 Å². The quantitative estimate of drug-likeness (QED) is 0.638. The maximum absolute atomic E-state index is 3.89. The van der Waals surface area contributed by atoms with E-state index in [0.717, 1.165) is 6.42 Å². The van der Waals surface area contributed by atoms with Crippen LogP contribution in [0.25, 0.3) is 0 Å². The van der Waals surface area contributed by atoms with Crippen LogP contribution in [0.1, 0.15) is 42.3 Å². The highest BCUT2D eigenvalue weighted by molar-refractivity contribution is 9.09. The lowest BCUT2D eigenvalue weighted by Crippen LogP contribution is -2.23. The summed E-state index contributed by atoms with van der Waals surface area (Å²) in [5.41, 5.74) is 4.15. The fourth-order valence-corrected chi connectivity index (χ4v) is 2.92. The van der Waals surface area contributed by atoms with Gasteiger partial charge >= 0.3 is 0 Å². The second kappa shape index (κ2) is 5.92.